The second kappa shape index (κ2) is 10.3. The molecule has 0 bridgehead atoms. The van der Waals surface area contributed by atoms with Gasteiger partial charge in [0.1, 0.15) is 11.3 Å². The molecular weight excluding hydrogens is 346 g/mol. The number of nitrogens with one attached hydrogen (secondary N) is 1. The van der Waals surface area contributed by atoms with E-state index in [-0.39, 0.29) is 24.5 Å². The maximum atomic E-state index is 12.2. The summed E-state index contributed by atoms with van der Waals surface area (Å²) >= 11 is 0. The number of aryl methyl sites for hydroxylation is 3. The van der Waals surface area contributed by atoms with Gasteiger partial charge in [-0.05, 0) is 43.4 Å². The first-order chi connectivity index (χ1) is 13.0. The number of carbonyl (C=O) groups is 2. The minimum Gasteiger partial charge on any atom is -0.469 e. The number of hydrogen-bond acceptors (Lipinski definition) is 5. The molecule has 0 aliphatic rings. The van der Waals surface area contributed by atoms with Crippen molar-refractivity contribution in [1.29, 1.82) is 0 Å². The molecule has 2 rings (SSSR count). The van der Waals surface area contributed by atoms with Crippen molar-refractivity contribution < 1.29 is 18.7 Å². The van der Waals surface area contributed by atoms with Gasteiger partial charge < -0.3 is 14.5 Å². The van der Waals surface area contributed by atoms with Crippen LogP contribution in [0.1, 0.15) is 46.5 Å². The van der Waals surface area contributed by atoms with Crippen LogP contribution in [0.25, 0.3) is 0 Å². The molecule has 0 spiro atoms. The molecule has 0 aliphatic heterocycles. The predicted octanol–water partition coefficient (Wildman–Crippen LogP) is 2.81. The van der Waals surface area contributed by atoms with E-state index in [1.807, 2.05) is 18.2 Å². The summed E-state index contributed by atoms with van der Waals surface area (Å²) in [6.07, 6.45) is 3.04. The lowest BCUT2D eigenvalue weighted by molar-refractivity contribution is -0.140. The summed E-state index contributed by atoms with van der Waals surface area (Å²) in [6, 6.07) is 11.8. The monoisotopic (exact) mass is 371 g/mol. The highest BCUT2D eigenvalue weighted by molar-refractivity contribution is 5.95. The van der Waals surface area contributed by atoms with Crippen LogP contribution in [-0.4, -0.2) is 25.5 Å². The van der Waals surface area contributed by atoms with E-state index in [9.17, 15) is 14.4 Å². The van der Waals surface area contributed by atoms with Crippen LogP contribution >= 0.6 is 0 Å². The highest BCUT2D eigenvalue weighted by Crippen LogP contribution is 2.11. The SMILES string of the molecule is COC(=O)CCCNC(=O)c1c(C)cc(CCCc2ccccc2)oc1=O. The normalized spacial score (nSPS) is 10.4. The van der Waals surface area contributed by atoms with E-state index in [1.165, 1.54) is 12.7 Å². The Balaban J connectivity index is 1.90. The van der Waals surface area contributed by atoms with Crippen molar-refractivity contribution in [3.8, 4) is 0 Å². The highest BCUT2D eigenvalue weighted by atomic mass is 16.5. The first kappa shape index (κ1) is 20.4. The Morgan fingerprint density at radius 2 is 1.85 bits per heavy atom. The fourth-order valence-electron chi connectivity index (χ4n) is 2.81. The topological polar surface area (TPSA) is 85.6 Å². The van der Waals surface area contributed by atoms with E-state index in [0.717, 1.165) is 12.8 Å². The van der Waals surface area contributed by atoms with E-state index in [2.05, 4.69) is 22.2 Å². The van der Waals surface area contributed by atoms with Crippen LogP contribution < -0.4 is 10.9 Å². The van der Waals surface area contributed by atoms with Crippen LogP contribution in [0.15, 0.2) is 45.6 Å². The quantitative estimate of drug-likeness (QED) is 0.541. The van der Waals surface area contributed by atoms with Crippen molar-refractivity contribution in [3.05, 3.63) is 69.3 Å². The van der Waals surface area contributed by atoms with Crippen molar-refractivity contribution in [2.45, 2.75) is 39.0 Å². The summed E-state index contributed by atoms with van der Waals surface area (Å²) in [6.45, 7) is 2.01. The summed E-state index contributed by atoms with van der Waals surface area (Å²) in [5, 5.41) is 2.64. The second-order valence-corrected chi connectivity index (χ2v) is 6.33. The molecule has 1 N–H and O–H groups in total. The lowest BCUT2D eigenvalue weighted by Crippen LogP contribution is -2.30. The molecule has 6 heteroatoms. The van der Waals surface area contributed by atoms with Gasteiger partial charge in [0.15, 0.2) is 0 Å². The molecule has 27 heavy (non-hydrogen) atoms. The smallest absolute Gasteiger partial charge is 0.349 e. The average molecular weight is 371 g/mol. The molecule has 0 unspecified atom stereocenters. The van der Waals surface area contributed by atoms with Crippen LogP contribution in [0.2, 0.25) is 0 Å². The molecule has 0 saturated heterocycles. The first-order valence-electron chi connectivity index (χ1n) is 9.04. The summed E-state index contributed by atoms with van der Waals surface area (Å²) in [4.78, 5) is 35.5. The number of benzene rings is 1. The van der Waals surface area contributed by atoms with Gasteiger partial charge in [0.25, 0.3) is 5.91 Å². The molecule has 0 aliphatic carbocycles. The molecule has 1 heterocycles. The second-order valence-electron chi connectivity index (χ2n) is 6.33. The molecule has 1 aromatic heterocycles. The molecule has 2 aromatic rings. The van der Waals surface area contributed by atoms with Crippen LogP contribution in [0, 0.1) is 6.92 Å². The fourth-order valence-corrected chi connectivity index (χ4v) is 2.81. The number of methoxy groups -OCH3 is 1. The third-order valence-electron chi connectivity index (χ3n) is 4.23. The molecule has 6 nitrogen and oxygen atoms in total. The van der Waals surface area contributed by atoms with E-state index in [1.54, 1.807) is 13.0 Å². The molecule has 1 aromatic carbocycles. The number of esters is 1. The Bertz CT molecular complexity index is 826. The van der Waals surface area contributed by atoms with Gasteiger partial charge in [-0.1, -0.05) is 30.3 Å². The van der Waals surface area contributed by atoms with Gasteiger partial charge in [-0.3, -0.25) is 9.59 Å². The number of carbonyl (C=O) groups excluding carboxylic acids is 2. The Hall–Kier alpha value is -2.89. The fraction of sp³-hybridized carbons (Fsp3) is 0.381. The molecule has 0 atom stereocenters. The van der Waals surface area contributed by atoms with E-state index in [4.69, 9.17) is 4.42 Å². The predicted molar refractivity (Wildman–Crippen MR) is 102 cm³/mol. The Kier molecular flexibility index (Phi) is 7.79. The zero-order chi connectivity index (χ0) is 19.6. The maximum Gasteiger partial charge on any atom is 0.349 e. The first-order valence-corrected chi connectivity index (χ1v) is 9.04. The van der Waals surface area contributed by atoms with Crippen molar-refractivity contribution in [2.24, 2.45) is 0 Å². The summed E-state index contributed by atoms with van der Waals surface area (Å²) in [5.41, 5.74) is 1.21. The van der Waals surface area contributed by atoms with Crippen LogP contribution in [0.5, 0.6) is 0 Å². The largest absolute Gasteiger partial charge is 0.469 e. The molecule has 0 radical (unpaired) electrons. The minimum atomic E-state index is -0.629. The van der Waals surface area contributed by atoms with Gasteiger partial charge in [0.2, 0.25) is 0 Å². The summed E-state index contributed by atoms with van der Waals surface area (Å²) in [5.74, 6) is -0.238. The molecule has 0 saturated carbocycles. The van der Waals surface area contributed by atoms with Gasteiger partial charge in [-0.15, -0.1) is 0 Å². The molecular formula is C21H25NO5. The van der Waals surface area contributed by atoms with Gasteiger partial charge in [0, 0.05) is 19.4 Å². The Morgan fingerprint density at radius 1 is 1.11 bits per heavy atom. The van der Waals surface area contributed by atoms with Crippen molar-refractivity contribution in [1.82, 2.24) is 5.32 Å². The third kappa shape index (κ3) is 6.40. The van der Waals surface area contributed by atoms with Gasteiger partial charge in [0.05, 0.1) is 7.11 Å². The van der Waals surface area contributed by atoms with Crippen molar-refractivity contribution >= 4 is 11.9 Å². The molecule has 144 valence electrons. The van der Waals surface area contributed by atoms with Crippen LogP contribution in [0.3, 0.4) is 0 Å². The zero-order valence-corrected chi connectivity index (χ0v) is 15.7. The maximum absolute atomic E-state index is 12.2. The number of rotatable bonds is 9. The van der Waals surface area contributed by atoms with Gasteiger partial charge in [-0.2, -0.15) is 0 Å². The average Bonchev–Trinajstić information content (AvgIpc) is 2.65. The van der Waals surface area contributed by atoms with Crippen LogP contribution in [0.4, 0.5) is 0 Å². The third-order valence-corrected chi connectivity index (χ3v) is 4.23. The molecule has 0 fully saturated rings. The van der Waals surface area contributed by atoms with E-state index >= 15 is 0 Å². The summed E-state index contributed by atoms with van der Waals surface area (Å²) in [7, 11) is 1.32. The number of amides is 1. The Morgan fingerprint density at radius 3 is 2.52 bits per heavy atom. The lowest BCUT2D eigenvalue weighted by Gasteiger charge is -2.08. The Labute approximate surface area is 158 Å². The lowest BCUT2D eigenvalue weighted by atomic mass is 10.1. The van der Waals surface area contributed by atoms with Crippen molar-refractivity contribution in [2.75, 3.05) is 13.7 Å². The van der Waals surface area contributed by atoms with Gasteiger partial charge in [-0.25, -0.2) is 4.79 Å². The minimum absolute atomic E-state index is 0.0138. The van der Waals surface area contributed by atoms with Crippen molar-refractivity contribution in [3.63, 3.8) is 0 Å². The number of hydrogen-bond donors (Lipinski definition) is 1. The number of ether oxygens (including phenoxy) is 1. The van der Waals surface area contributed by atoms with Gasteiger partial charge >= 0.3 is 11.6 Å². The highest BCUT2D eigenvalue weighted by Gasteiger charge is 2.16. The standard InChI is InChI=1S/C21H25NO5/c1-15-14-17(11-6-10-16-8-4-3-5-9-16)27-21(25)19(15)20(24)22-13-7-12-18(23)26-2/h3-5,8-9,14H,6-7,10-13H2,1-2H3,(H,22,24). The van der Waals surface area contributed by atoms with Crippen LogP contribution in [-0.2, 0) is 22.4 Å². The zero-order valence-electron chi connectivity index (χ0n) is 15.7. The summed E-state index contributed by atoms with van der Waals surface area (Å²) < 4.78 is 9.86. The van der Waals surface area contributed by atoms with E-state index < -0.39 is 11.5 Å². The van der Waals surface area contributed by atoms with E-state index in [0.29, 0.717) is 24.2 Å². The molecule has 1 amide bonds.